The van der Waals surface area contributed by atoms with Crippen LogP contribution in [0.4, 0.5) is 0 Å². The number of nitrogens with two attached hydrogens (primary N) is 1. The molecule has 0 aromatic heterocycles. The van der Waals surface area contributed by atoms with E-state index in [1.807, 2.05) is 13.8 Å². The van der Waals surface area contributed by atoms with E-state index in [4.69, 9.17) is 5.73 Å². The van der Waals surface area contributed by atoms with Crippen LogP contribution in [0, 0.1) is 5.41 Å². The van der Waals surface area contributed by atoms with Gasteiger partial charge >= 0.3 is 5.97 Å². The number of amides is 1. The summed E-state index contributed by atoms with van der Waals surface area (Å²) >= 11 is 0. The number of hydrogen-bond acceptors (Lipinski definition) is 3. The fraction of sp³-hybridized carbons (Fsp3) is 0.846. The number of rotatable bonds is 5. The minimum atomic E-state index is -0.918. The van der Waals surface area contributed by atoms with Gasteiger partial charge in [-0.1, -0.05) is 13.8 Å². The molecule has 1 unspecified atom stereocenters. The zero-order valence-electron chi connectivity index (χ0n) is 11.3. The number of carbonyl (C=O) groups excluding carboxylic acids is 1. The molecule has 1 aliphatic heterocycles. The Hall–Kier alpha value is -1.10. The molecule has 1 aliphatic rings. The Morgan fingerprint density at radius 2 is 2.00 bits per heavy atom. The average Bonchev–Trinajstić information content (AvgIpc) is 2.35. The van der Waals surface area contributed by atoms with E-state index in [2.05, 4.69) is 0 Å². The first kappa shape index (κ1) is 15.0. The van der Waals surface area contributed by atoms with Gasteiger partial charge in [0.05, 0.1) is 5.41 Å². The summed E-state index contributed by atoms with van der Waals surface area (Å²) in [5.41, 5.74) is 4.92. The van der Waals surface area contributed by atoms with Gasteiger partial charge in [0, 0.05) is 25.6 Å². The van der Waals surface area contributed by atoms with Crippen molar-refractivity contribution in [3.05, 3.63) is 0 Å². The van der Waals surface area contributed by atoms with Gasteiger partial charge in [-0.25, -0.2) is 0 Å². The van der Waals surface area contributed by atoms with Gasteiger partial charge < -0.3 is 15.7 Å². The van der Waals surface area contributed by atoms with E-state index in [0.29, 0.717) is 25.9 Å². The second-order valence-corrected chi connectivity index (χ2v) is 5.21. The topological polar surface area (TPSA) is 83.6 Å². The van der Waals surface area contributed by atoms with E-state index in [-0.39, 0.29) is 18.4 Å². The second kappa shape index (κ2) is 6.18. The Morgan fingerprint density at radius 1 is 1.39 bits per heavy atom. The van der Waals surface area contributed by atoms with Gasteiger partial charge in [0.25, 0.3) is 0 Å². The smallest absolute Gasteiger partial charge is 0.310 e. The number of carboxylic acids is 1. The molecule has 0 spiro atoms. The number of piperidine rings is 1. The molecule has 1 fully saturated rings. The summed E-state index contributed by atoms with van der Waals surface area (Å²) in [7, 11) is 0. The molecule has 1 amide bonds. The van der Waals surface area contributed by atoms with Crippen LogP contribution in [0.3, 0.4) is 0 Å². The minimum absolute atomic E-state index is 0.0326. The molecule has 5 nitrogen and oxygen atoms in total. The van der Waals surface area contributed by atoms with Crippen LogP contribution >= 0.6 is 0 Å². The van der Waals surface area contributed by atoms with Gasteiger partial charge in [-0.05, 0) is 25.7 Å². The lowest BCUT2D eigenvalue weighted by atomic mass is 9.78. The Kier molecular flexibility index (Phi) is 5.14. The van der Waals surface area contributed by atoms with E-state index in [0.717, 1.165) is 12.8 Å². The number of hydrogen-bond donors (Lipinski definition) is 2. The highest BCUT2D eigenvalue weighted by molar-refractivity contribution is 5.85. The van der Waals surface area contributed by atoms with E-state index >= 15 is 0 Å². The van der Waals surface area contributed by atoms with Crippen molar-refractivity contribution in [1.82, 2.24) is 4.90 Å². The van der Waals surface area contributed by atoms with Gasteiger partial charge in [0.1, 0.15) is 0 Å². The lowest BCUT2D eigenvalue weighted by Crippen LogP contribution is -2.47. The van der Waals surface area contributed by atoms with Crippen molar-refractivity contribution >= 4 is 11.9 Å². The first-order valence-electron chi connectivity index (χ1n) is 6.72. The van der Waals surface area contributed by atoms with Crippen LogP contribution < -0.4 is 5.73 Å². The predicted octanol–water partition coefficient (Wildman–Crippen LogP) is 1.22. The third-order valence-electron chi connectivity index (χ3n) is 4.11. The highest BCUT2D eigenvalue weighted by Crippen LogP contribution is 2.32. The molecule has 0 radical (unpaired) electrons. The summed E-state index contributed by atoms with van der Waals surface area (Å²) < 4.78 is 0. The van der Waals surface area contributed by atoms with Crippen molar-refractivity contribution in [2.75, 3.05) is 13.1 Å². The van der Waals surface area contributed by atoms with E-state index in [1.54, 1.807) is 4.90 Å². The molecule has 0 aromatic carbocycles. The molecule has 104 valence electrons. The van der Waals surface area contributed by atoms with Gasteiger partial charge in [0.15, 0.2) is 0 Å². The second-order valence-electron chi connectivity index (χ2n) is 5.21. The van der Waals surface area contributed by atoms with Crippen molar-refractivity contribution < 1.29 is 14.7 Å². The largest absolute Gasteiger partial charge is 0.481 e. The molecule has 0 bridgehead atoms. The van der Waals surface area contributed by atoms with Gasteiger partial charge in [-0.3, -0.25) is 9.59 Å². The summed E-state index contributed by atoms with van der Waals surface area (Å²) in [6, 6.07) is 0.0326. The maximum Gasteiger partial charge on any atom is 0.310 e. The maximum absolute atomic E-state index is 12.2. The van der Waals surface area contributed by atoms with Crippen molar-refractivity contribution in [3.8, 4) is 0 Å². The third-order valence-corrected chi connectivity index (χ3v) is 4.11. The molecule has 5 heteroatoms. The molecule has 0 aliphatic carbocycles. The van der Waals surface area contributed by atoms with Crippen LogP contribution in [-0.4, -0.2) is 41.0 Å². The monoisotopic (exact) mass is 256 g/mol. The molecular weight excluding hydrogens is 232 g/mol. The Bertz CT molecular complexity index is 313. The maximum atomic E-state index is 12.2. The first-order valence-corrected chi connectivity index (χ1v) is 6.72. The molecule has 1 saturated heterocycles. The zero-order valence-corrected chi connectivity index (χ0v) is 11.3. The third kappa shape index (κ3) is 3.22. The van der Waals surface area contributed by atoms with Gasteiger partial charge in [0.2, 0.25) is 5.91 Å². The molecule has 1 atom stereocenters. The Labute approximate surface area is 108 Å². The van der Waals surface area contributed by atoms with Gasteiger partial charge in [-0.15, -0.1) is 0 Å². The van der Waals surface area contributed by atoms with Crippen LogP contribution in [0.15, 0.2) is 0 Å². The van der Waals surface area contributed by atoms with E-state index < -0.39 is 11.4 Å². The summed E-state index contributed by atoms with van der Waals surface area (Å²) in [6.45, 7) is 4.91. The highest BCUT2D eigenvalue weighted by atomic mass is 16.4. The molecule has 0 saturated carbocycles. The number of aliphatic carboxylic acids is 1. The number of carboxylic acid groups (broad SMARTS) is 1. The summed E-state index contributed by atoms with van der Waals surface area (Å²) in [5.74, 6) is -0.946. The van der Waals surface area contributed by atoms with Crippen LogP contribution in [0.5, 0.6) is 0 Å². The van der Waals surface area contributed by atoms with E-state index in [9.17, 15) is 14.7 Å². The van der Waals surface area contributed by atoms with Crippen LogP contribution in [0.25, 0.3) is 0 Å². The van der Waals surface area contributed by atoms with Crippen molar-refractivity contribution in [2.24, 2.45) is 11.1 Å². The van der Waals surface area contributed by atoms with Crippen LogP contribution in [0.1, 0.15) is 46.0 Å². The van der Waals surface area contributed by atoms with Crippen LogP contribution in [-0.2, 0) is 9.59 Å². The van der Waals surface area contributed by atoms with Crippen molar-refractivity contribution in [3.63, 3.8) is 0 Å². The Morgan fingerprint density at radius 3 is 2.44 bits per heavy atom. The van der Waals surface area contributed by atoms with Crippen molar-refractivity contribution in [1.29, 1.82) is 0 Å². The first-order chi connectivity index (χ1) is 8.45. The standard InChI is InChI=1S/C13H24N2O3/c1-3-13(4-2,12(17)18)8-11(16)15-7-5-6-10(14)9-15/h10H,3-9,14H2,1-2H3,(H,17,18). The summed E-state index contributed by atoms with van der Waals surface area (Å²) in [5, 5.41) is 9.33. The molecule has 18 heavy (non-hydrogen) atoms. The molecule has 3 N–H and O–H groups in total. The van der Waals surface area contributed by atoms with Crippen molar-refractivity contribution in [2.45, 2.75) is 52.0 Å². The lowest BCUT2D eigenvalue weighted by molar-refractivity contribution is -0.154. The molecule has 1 rings (SSSR count). The molecule has 1 heterocycles. The molecular formula is C13H24N2O3. The number of carbonyl (C=O) groups is 2. The predicted molar refractivity (Wildman–Crippen MR) is 69.1 cm³/mol. The Balaban J connectivity index is 2.69. The average molecular weight is 256 g/mol. The normalized spacial score (nSPS) is 20.8. The number of likely N-dealkylation sites (tertiary alicyclic amines) is 1. The summed E-state index contributed by atoms with van der Waals surface area (Å²) in [6.07, 6.45) is 2.89. The number of nitrogens with zero attached hydrogens (tertiary/aromatic N) is 1. The van der Waals surface area contributed by atoms with E-state index in [1.165, 1.54) is 0 Å². The lowest BCUT2D eigenvalue weighted by Gasteiger charge is -2.34. The van der Waals surface area contributed by atoms with Crippen LogP contribution in [0.2, 0.25) is 0 Å². The zero-order chi connectivity index (χ0) is 13.8. The molecule has 0 aromatic rings. The highest BCUT2D eigenvalue weighted by Gasteiger charge is 2.38. The quantitative estimate of drug-likeness (QED) is 0.774. The fourth-order valence-electron chi connectivity index (χ4n) is 2.52. The summed E-state index contributed by atoms with van der Waals surface area (Å²) in [4.78, 5) is 25.3. The minimum Gasteiger partial charge on any atom is -0.481 e. The van der Waals surface area contributed by atoms with Gasteiger partial charge in [-0.2, -0.15) is 0 Å². The SMILES string of the molecule is CCC(CC)(CC(=O)N1CCCC(N)C1)C(=O)O. The fourth-order valence-corrected chi connectivity index (χ4v) is 2.52.